The average Bonchev–Trinajstić information content (AvgIpc) is 2.96. The summed E-state index contributed by atoms with van der Waals surface area (Å²) in [6, 6.07) is 8.40. The molecule has 0 unspecified atom stereocenters. The molecule has 0 saturated carbocycles. The van der Waals surface area contributed by atoms with Crippen molar-refractivity contribution < 1.29 is 14.1 Å². The first-order valence-corrected chi connectivity index (χ1v) is 8.73. The Morgan fingerprint density at radius 3 is 2.19 bits per heavy atom. The first kappa shape index (κ1) is 19.7. The molecule has 6 nitrogen and oxygen atoms in total. The summed E-state index contributed by atoms with van der Waals surface area (Å²) in [6.45, 7) is 11.8. The summed E-state index contributed by atoms with van der Waals surface area (Å²) < 4.78 is 4.94. The third-order valence-corrected chi connectivity index (χ3v) is 4.13. The Morgan fingerprint density at radius 1 is 1.12 bits per heavy atom. The highest BCUT2D eigenvalue weighted by Crippen LogP contribution is 2.22. The number of carbonyl (C=O) groups excluding carboxylic acids is 2. The van der Waals surface area contributed by atoms with Crippen molar-refractivity contribution in [1.82, 2.24) is 10.5 Å². The molecule has 0 spiro atoms. The van der Waals surface area contributed by atoms with Crippen molar-refractivity contribution in [3.05, 3.63) is 47.2 Å². The Bertz CT molecular complexity index is 770. The van der Waals surface area contributed by atoms with Gasteiger partial charge in [-0.25, -0.2) is 0 Å². The highest BCUT2D eigenvalue weighted by molar-refractivity contribution is 6.01. The third-order valence-electron chi connectivity index (χ3n) is 4.13. The second kappa shape index (κ2) is 7.72. The van der Waals surface area contributed by atoms with Crippen molar-refractivity contribution in [2.75, 3.05) is 5.32 Å². The number of hydrogen-bond acceptors (Lipinski definition) is 4. The molecule has 0 aliphatic carbocycles. The summed E-state index contributed by atoms with van der Waals surface area (Å²) in [5, 5.41) is 9.23. The fraction of sp³-hybridized carbons (Fsp3) is 0.450. The fourth-order valence-corrected chi connectivity index (χ4v) is 2.51. The normalized spacial score (nSPS) is 12.7. The van der Waals surface area contributed by atoms with Crippen LogP contribution in [0.4, 0.5) is 5.82 Å². The minimum Gasteiger partial charge on any atom is -0.360 e. The minimum absolute atomic E-state index is 0.0189. The molecule has 0 fully saturated rings. The molecular weight excluding hydrogens is 330 g/mol. The lowest BCUT2D eigenvalue weighted by Gasteiger charge is -2.22. The quantitative estimate of drug-likeness (QED) is 0.855. The van der Waals surface area contributed by atoms with Gasteiger partial charge in [0.05, 0.1) is 0 Å². The van der Waals surface area contributed by atoms with Gasteiger partial charge in [0, 0.05) is 11.6 Å². The van der Waals surface area contributed by atoms with Crippen LogP contribution in [0, 0.1) is 12.8 Å². The summed E-state index contributed by atoms with van der Waals surface area (Å²) in [7, 11) is 0. The Labute approximate surface area is 154 Å². The zero-order chi connectivity index (χ0) is 19.5. The lowest BCUT2D eigenvalue weighted by Crippen LogP contribution is -2.47. The maximum atomic E-state index is 12.6. The van der Waals surface area contributed by atoms with Gasteiger partial charge in [0.25, 0.3) is 5.91 Å². The van der Waals surface area contributed by atoms with Gasteiger partial charge in [-0.15, -0.1) is 0 Å². The molecular formula is C20H27N3O3. The molecule has 1 heterocycles. The molecule has 0 radical (unpaired) electrons. The van der Waals surface area contributed by atoms with E-state index in [-0.39, 0.29) is 23.1 Å². The second-order valence-electron chi connectivity index (χ2n) is 7.83. The average molecular weight is 357 g/mol. The number of nitrogens with zero attached hydrogens (tertiary/aromatic N) is 1. The summed E-state index contributed by atoms with van der Waals surface area (Å²) in [4.78, 5) is 25.1. The van der Waals surface area contributed by atoms with E-state index in [1.54, 1.807) is 25.1 Å². The van der Waals surface area contributed by atoms with Crippen LogP contribution in [0.25, 0.3) is 0 Å². The monoisotopic (exact) mass is 357 g/mol. The number of amides is 2. The van der Waals surface area contributed by atoms with E-state index in [1.807, 2.05) is 26.0 Å². The van der Waals surface area contributed by atoms with Crippen LogP contribution in [0.5, 0.6) is 0 Å². The molecule has 2 rings (SSSR count). The smallest absolute Gasteiger partial charge is 0.251 e. The highest BCUT2D eigenvalue weighted by Gasteiger charge is 2.25. The number of aryl methyl sites for hydroxylation is 1. The van der Waals surface area contributed by atoms with Gasteiger partial charge in [-0.1, -0.05) is 51.9 Å². The third kappa shape index (κ3) is 4.94. The fourth-order valence-electron chi connectivity index (χ4n) is 2.51. The molecule has 0 bridgehead atoms. The summed E-state index contributed by atoms with van der Waals surface area (Å²) in [5.41, 5.74) is 1.69. The van der Waals surface area contributed by atoms with Crippen molar-refractivity contribution in [1.29, 1.82) is 0 Å². The van der Waals surface area contributed by atoms with Gasteiger partial charge in [-0.2, -0.15) is 0 Å². The maximum absolute atomic E-state index is 12.6. The van der Waals surface area contributed by atoms with Crippen molar-refractivity contribution in [2.45, 2.75) is 53.0 Å². The topological polar surface area (TPSA) is 84.2 Å². The Balaban J connectivity index is 2.08. The summed E-state index contributed by atoms with van der Waals surface area (Å²) >= 11 is 0. The van der Waals surface area contributed by atoms with E-state index in [1.165, 1.54) is 0 Å². The van der Waals surface area contributed by atoms with Gasteiger partial charge in [-0.3, -0.25) is 9.59 Å². The molecule has 2 N–H and O–H groups in total. The lowest BCUT2D eigenvalue weighted by molar-refractivity contribution is -0.118. The van der Waals surface area contributed by atoms with Gasteiger partial charge in [0.2, 0.25) is 5.91 Å². The highest BCUT2D eigenvalue weighted by atomic mass is 16.5. The zero-order valence-electron chi connectivity index (χ0n) is 16.2. The van der Waals surface area contributed by atoms with E-state index < -0.39 is 6.04 Å². The maximum Gasteiger partial charge on any atom is 0.251 e. The van der Waals surface area contributed by atoms with Crippen molar-refractivity contribution in [3.8, 4) is 0 Å². The van der Waals surface area contributed by atoms with Crippen molar-refractivity contribution in [2.24, 2.45) is 5.92 Å². The number of hydrogen-bond donors (Lipinski definition) is 2. The van der Waals surface area contributed by atoms with E-state index in [0.29, 0.717) is 17.1 Å². The zero-order valence-corrected chi connectivity index (χ0v) is 16.2. The molecule has 1 aromatic carbocycles. The summed E-state index contributed by atoms with van der Waals surface area (Å²) in [6.07, 6.45) is 0. The van der Waals surface area contributed by atoms with Crippen LogP contribution in [0.15, 0.2) is 34.9 Å². The van der Waals surface area contributed by atoms with Crippen LogP contribution >= 0.6 is 0 Å². The SMILES string of the molecule is Cc1cc(NC(=O)[C@@H](NC(=O)c2ccc(C(C)(C)C)cc2)C(C)C)no1. The van der Waals surface area contributed by atoms with Crippen molar-refractivity contribution in [3.63, 3.8) is 0 Å². The lowest BCUT2D eigenvalue weighted by atomic mass is 9.86. The Morgan fingerprint density at radius 2 is 1.73 bits per heavy atom. The van der Waals surface area contributed by atoms with Gasteiger partial charge in [-0.05, 0) is 36.0 Å². The van der Waals surface area contributed by atoms with E-state index >= 15 is 0 Å². The predicted molar refractivity (Wildman–Crippen MR) is 101 cm³/mol. The van der Waals surface area contributed by atoms with Crippen LogP contribution in [-0.4, -0.2) is 23.0 Å². The van der Waals surface area contributed by atoms with Crippen LogP contribution in [0.3, 0.4) is 0 Å². The number of aromatic nitrogens is 1. The Hall–Kier alpha value is -2.63. The molecule has 1 aromatic heterocycles. The summed E-state index contributed by atoms with van der Waals surface area (Å²) in [5.74, 6) is 0.246. The van der Waals surface area contributed by atoms with Gasteiger partial charge >= 0.3 is 0 Å². The largest absolute Gasteiger partial charge is 0.360 e. The van der Waals surface area contributed by atoms with Crippen LogP contribution in [-0.2, 0) is 10.2 Å². The molecule has 0 saturated heterocycles. The minimum atomic E-state index is -0.679. The molecule has 0 aliphatic rings. The Kier molecular flexibility index (Phi) is 5.85. The molecule has 1 atom stereocenters. The van der Waals surface area contributed by atoms with E-state index in [9.17, 15) is 9.59 Å². The van der Waals surface area contributed by atoms with E-state index in [2.05, 4.69) is 36.6 Å². The second-order valence-corrected chi connectivity index (χ2v) is 7.83. The van der Waals surface area contributed by atoms with Crippen LogP contribution in [0.2, 0.25) is 0 Å². The molecule has 0 aliphatic heterocycles. The van der Waals surface area contributed by atoms with Crippen molar-refractivity contribution >= 4 is 17.6 Å². The van der Waals surface area contributed by atoms with Crippen LogP contribution < -0.4 is 10.6 Å². The van der Waals surface area contributed by atoms with Gasteiger partial charge in [0.15, 0.2) is 5.82 Å². The number of anilines is 1. The molecule has 26 heavy (non-hydrogen) atoms. The standard InChI is InChI=1S/C20H27N3O3/c1-12(2)17(19(25)21-16-11-13(3)26-23-16)22-18(24)14-7-9-15(10-8-14)20(4,5)6/h7-12,17H,1-6H3,(H,22,24)(H,21,23,25)/t17-/m0/s1. The molecule has 2 aromatic rings. The van der Waals surface area contributed by atoms with Gasteiger partial charge in [0.1, 0.15) is 11.8 Å². The number of benzene rings is 1. The molecule has 6 heteroatoms. The van der Waals surface area contributed by atoms with Gasteiger partial charge < -0.3 is 15.2 Å². The molecule has 2 amide bonds. The number of carbonyl (C=O) groups is 2. The first-order valence-electron chi connectivity index (χ1n) is 8.73. The predicted octanol–water partition coefficient (Wildman–Crippen LogP) is 3.67. The van der Waals surface area contributed by atoms with E-state index in [4.69, 9.17) is 4.52 Å². The van der Waals surface area contributed by atoms with Crippen LogP contribution in [0.1, 0.15) is 56.3 Å². The number of nitrogens with one attached hydrogen (secondary N) is 2. The molecule has 140 valence electrons. The van der Waals surface area contributed by atoms with E-state index in [0.717, 1.165) is 5.56 Å². The number of rotatable bonds is 5. The first-order chi connectivity index (χ1) is 12.1.